The van der Waals surface area contributed by atoms with Gasteiger partial charge in [-0.2, -0.15) is 5.10 Å². The van der Waals surface area contributed by atoms with E-state index >= 15 is 0 Å². The Morgan fingerprint density at radius 1 is 1.23 bits per heavy atom. The van der Waals surface area contributed by atoms with E-state index in [2.05, 4.69) is 15.4 Å². The molecule has 0 saturated heterocycles. The zero-order valence-electron chi connectivity index (χ0n) is 13.8. The molecule has 0 bridgehead atoms. The van der Waals surface area contributed by atoms with Crippen LogP contribution in [0.15, 0.2) is 60.0 Å². The maximum atomic E-state index is 12.6. The Morgan fingerprint density at radius 2 is 2.00 bits per heavy atom. The topological polar surface area (TPSA) is 94.0 Å². The van der Waals surface area contributed by atoms with E-state index in [4.69, 9.17) is 11.6 Å². The molecule has 0 spiro atoms. The lowest BCUT2D eigenvalue weighted by Gasteiger charge is -2.12. The molecular weight excluding hydrogens is 376 g/mol. The summed E-state index contributed by atoms with van der Waals surface area (Å²) in [5.74, 6) is -0.433. The van der Waals surface area contributed by atoms with E-state index in [1.54, 1.807) is 23.1 Å². The van der Waals surface area contributed by atoms with Crippen LogP contribution in [0.3, 0.4) is 0 Å². The number of nitrogens with zero attached hydrogens (tertiary/aromatic N) is 3. The van der Waals surface area contributed by atoms with Crippen LogP contribution in [0.5, 0.6) is 0 Å². The first-order valence-corrected chi connectivity index (χ1v) is 9.83. The number of nitrogens with one attached hydrogen (secondary N) is 1. The first-order chi connectivity index (χ1) is 12.3. The molecule has 1 N–H and O–H groups in total. The summed E-state index contributed by atoms with van der Waals surface area (Å²) in [4.78, 5) is 16.4. The SMILES string of the molecule is CS(=O)(=O)c1cc(C(=O)Nc2ccccc2Cn2cncn2)ccc1Cl. The number of halogens is 1. The van der Waals surface area contributed by atoms with Gasteiger partial charge in [-0.15, -0.1) is 0 Å². The lowest BCUT2D eigenvalue weighted by Crippen LogP contribution is -2.15. The maximum Gasteiger partial charge on any atom is 0.255 e. The molecular formula is C17H15ClN4O3S. The van der Waals surface area contributed by atoms with Crippen molar-refractivity contribution >= 4 is 33.0 Å². The number of hydrogen-bond acceptors (Lipinski definition) is 5. The van der Waals surface area contributed by atoms with Crippen molar-refractivity contribution < 1.29 is 13.2 Å². The molecule has 9 heteroatoms. The normalized spacial score (nSPS) is 11.3. The number of carbonyl (C=O) groups excluding carboxylic acids is 1. The lowest BCUT2D eigenvalue weighted by atomic mass is 10.1. The fraction of sp³-hybridized carbons (Fsp3) is 0.118. The molecule has 0 aliphatic heterocycles. The van der Waals surface area contributed by atoms with Gasteiger partial charge in [0.15, 0.2) is 9.84 Å². The van der Waals surface area contributed by atoms with Crippen molar-refractivity contribution in [1.29, 1.82) is 0 Å². The third kappa shape index (κ3) is 4.09. The Labute approximate surface area is 155 Å². The van der Waals surface area contributed by atoms with Crippen LogP contribution in [0, 0.1) is 0 Å². The van der Waals surface area contributed by atoms with Gasteiger partial charge in [0.25, 0.3) is 5.91 Å². The number of carbonyl (C=O) groups is 1. The number of hydrogen-bond donors (Lipinski definition) is 1. The van der Waals surface area contributed by atoms with E-state index in [1.807, 2.05) is 12.1 Å². The number of rotatable bonds is 5. The molecule has 3 aromatic rings. The summed E-state index contributed by atoms with van der Waals surface area (Å²) in [6.07, 6.45) is 4.06. The van der Waals surface area contributed by atoms with Gasteiger partial charge in [0.1, 0.15) is 12.7 Å². The first-order valence-electron chi connectivity index (χ1n) is 7.56. The Kier molecular flexibility index (Phi) is 5.06. The third-order valence-electron chi connectivity index (χ3n) is 3.66. The zero-order valence-corrected chi connectivity index (χ0v) is 15.3. The predicted octanol–water partition coefficient (Wildman–Crippen LogP) is 2.64. The highest BCUT2D eigenvalue weighted by Crippen LogP contribution is 2.24. The minimum absolute atomic E-state index is 0.0793. The van der Waals surface area contributed by atoms with Crippen LogP contribution in [-0.2, 0) is 16.4 Å². The van der Waals surface area contributed by atoms with Gasteiger partial charge in [-0.3, -0.25) is 4.79 Å². The molecule has 0 saturated carbocycles. The molecule has 1 aromatic heterocycles. The summed E-state index contributed by atoms with van der Waals surface area (Å²) >= 11 is 5.92. The van der Waals surface area contributed by atoms with Gasteiger partial charge in [-0.05, 0) is 29.8 Å². The number of anilines is 1. The van der Waals surface area contributed by atoms with Crippen LogP contribution in [0.1, 0.15) is 15.9 Å². The van der Waals surface area contributed by atoms with Crippen molar-refractivity contribution in [3.05, 3.63) is 71.3 Å². The molecule has 0 fully saturated rings. The monoisotopic (exact) mass is 390 g/mol. The summed E-state index contributed by atoms with van der Waals surface area (Å²) in [6.45, 7) is 0.436. The summed E-state index contributed by atoms with van der Waals surface area (Å²) in [7, 11) is -3.54. The molecule has 0 unspecified atom stereocenters. The van der Waals surface area contributed by atoms with Gasteiger partial charge in [0.2, 0.25) is 0 Å². The highest BCUT2D eigenvalue weighted by molar-refractivity contribution is 7.90. The van der Waals surface area contributed by atoms with Crippen molar-refractivity contribution in [3.8, 4) is 0 Å². The van der Waals surface area contributed by atoms with E-state index in [-0.39, 0.29) is 15.5 Å². The second kappa shape index (κ2) is 7.27. The van der Waals surface area contributed by atoms with Crippen molar-refractivity contribution in [1.82, 2.24) is 14.8 Å². The van der Waals surface area contributed by atoms with Crippen LogP contribution in [0.2, 0.25) is 5.02 Å². The Morgan fingerprint density at radius 3 is 2.69 bits per heavy atom. The quantitative estimate of drug-likeness (QED) is 0.722. The molecule has 26 heavy (non-hydrogen) atoms. The van der Waals surface area contributed by atoms with Gasteiger partial charge in [-0.25, -0.2) is 18.1 Å². The second-order valence-electron chi connectivity index (χ2n) is 5.62. The van der Waals surface area contributed by atoms with Crippen molar-refractivity contribution in [2.75, 3.05) is 11.6 Å². The van der Waals surface area contributed by atoms with Crippen LogP contribution in [0.4, 0.5) is 5.69 Å². The molecule has 0 aliphatic carbocycles. The highest BCUT2D eigenvalue weighted by Gasteiger charge is 2.16. The highest BCUT2D eigenvalue weighted by atomic mass is 35.5. The Hall–Kier alpha value is -2.71. The number of sulfone groups is 1. The van der Waals surface area contributed by atoms with Gasteiger partial charge in [-0.1, -0.05) is 29.8 Å². The number of amides is 1. The van der Waals surface area contributed by atoms with Crippen LogP contribution in [-0.4, -0.2) is 35.3 Å². The van der Waals surface area contributed by atoms with E-state index in [0.29, 0.717) is 12.2 Å². The second-order valence-corrected chi connectivity index (χ2v) is 8.01. The number of benzene rings is 2. The van der Waals surface area contributed by atoms with E-state index < -0.39 is 15.7 Å². The summed E-state index contributed by atoms with van der Waals surface area (Å²) in [6, 6.07) is 11.4. The summed E-state index contributed by atoms with van der Waals surface area (Å²) in [5, 5.41) is 6.93. The standard InChI is InChI=1S/C17H15ClN4O3S/c1-26(24,25)16-8-12(6-7-14(16)18)17(23)21-15-5-3-2-4-13(15)9-22-11-19-10-20-22/h2-8,10-11H,9H2,1H3,(H,21,23). The number of aromatic nitrogens is 3. The van der Waals surface area contributed by atoms with E-state index in [1.165, 1.54) is 24.5 Å². The predicted molar refractivity (Wildman–Crippen MR) is 98.1 cm³/mol. The van der Waals surface area contributed by atoms with Crippen molar-refractivity contribution in [2.45, 2.75) is 11.4 Å². The first kappa shape index (κ1) is 18.1. The minimum Gasteiger partial charge on any atom is -0.322 e. The summed E-state index contributed by atoms with van der Waals surface area (Å²) in [5.41, 5.74) is 1.64. The average molecular weight is 391 g/mol. The molecule has 134 valence electrons. The van der Waals surface area contributed by atoms with Crippen molar-refractivity contribution in [2.24, 2.45) is 0 Å². The third-order valence-corrected chi connectivity index (χ3v) is 5.24. The van der Waals surface area contributed by atoms with Gasteiger partial charge >= 0.3 is 0 Å². The summed E-state index contributed by atoms with van der Waals surface area (Å²) < 4.78 is 25.2. The minimum atomic E-state index is -3.54. The van der Waals surface area contributed by atoms with Gasteiger partial charge in [0.05, 0.1) is 16.5 Å². The molecule has 3 rings (SSSR count). The van der Waals surface area contributed by atoms with Crippen LogP contribution < -0.4 is 5.32 Å². The fourth-order valence-corrected chi connectivity index (χ4v) is 3.69. The number of para-hydroxylation sites is 1. The smallest absolute Gasteiger partial charge is 0.255 e. The molecule has 2 aromatic carbocycles. The lowest BCUT2D eigenvalue weighted by molar-refractivity contribution is 0.102. The average Bonchev–Trinajstić information content (AvgIpc) is 3.09. The zero-order chi connectivity index (χ0) is 18.7. The molecule has 0 aliphatic rings. The van der Waals surface area contributed by atoms with Crippen molar-refractivity contribution in [3.63, 3.8) is 0 Å². The van der Waals surface area contributed by atoms with Gasteiger partial charge in [0, 0.05) is 17.5 Å². The maximum absolute atomic E-state index is 12.6. The fourth-order valence-electron chi connectivity index (χ4n) is 2.39. The molecule has 0 radical (unpaired) electrons. The largest absolute Gasteiger partial charge is 0.322 e. The van der Waals surface area contributed by atoms with E-state index in [9.17, 15) is 13.2 Å². The molecule has 1 amide bonds. The molecule has 7 nitrogen and oxygen atoms in total. The van der Waals surface area contributed by atoms with Crippen LogP contribution in [0.25, 0.3) is 0 Å². The molecule has 1 heterocycles. The van der Waals surface area contributed by atoms with Gasteiger partial charge < -0.3 is 5.32 Å². The van der Waals surface area contributed by atoms with Crippen LogP contribution >= 0.6 is 11.6 Å². The van der Waals surface area contributed by atoms with E-state index in [0.717, 1.165) is 11.8 Å². The Balaban J connectivity index is 1.87. The molecule has 0 atom stereocenters. The Bertz CT molecular complexity index is 1050.